The Morgan fingerprint density at radius 1 is 1.16 bits per heavy atom. The lowest BCUT2D eigenvalue weighted by Gasteiger charge is -2.38. The molecule has 1 fully saturated rings. The maximum Gasteiger partial charge on any atom is 0.422 e. The predicted octanol–water partition coefficient (Wildman–Crippen LogP) is 5.42. The lowest BCUT2D eigenvalue weighted by Crippen LogP contribution is -2.46. The van der Waals surface area contributed by atoms with Gasteiger partial charge in [0, 0.05) is 29.5 Å². The number of ether oxygens (including phenoxy) is 3. The number of nitrogens with two attached hydrogens (primary N) is 1. The molecule has 1 aliphatic carbocycles. The third-order valence-electron chi connectivity index (χ3n) is 8.23. The Morgan fingerprint density at radius 2 is 1.86 bits per heavy atom. The van der Waals surface area contributed by atoms with E-state index in [1.807, 2.05) is 0 Å². The Morgan fingerprint density at radius 3 is 2.48 bits per heavy atom. The quantitative estimate of drug-likeness (QED) is 0.192. The van der Waals surface area contributed by atoms with Crippen molar-refractivity contribution in [2.45, 2.75) is 62.4 Å². The van der Waals surface area contributed by atoms with Crippen LogP contribution in [0.1, 0.15) is 60.6 Å². The Labute approximate surface area is 251 Å². The van der Waals surface area contributed by atoms with Gasteiger partial charge in [0.1, 0.15) is 18.1 Å². The van der Waals surface area contributed by atoms with E-state index >= 15 is 0 Å². The van der Waals surface area contributed by atoms with Gasteiger partial charge in [-0.25, -0.2) is 9.37 Å². The van der Waals surface area contributed by atoms with Crippen molar-refractivity contribution >= 4 is 5.78 Å². The summed E-state index contributed by atoms with van der Waals surface area (Å²) in [5.74, 6) is -0.612. The number of nitrogens with zero attached hydrogens (tertiary/aromatic N) is 1. The molecule has 0 radical (unpaired) electrons. The number of fused-ring (bicyclic) bond motifs is 1. The molecule has 8 nitrogen and oxygen atoms in total. The summed E-state index contributed by atoms with van der Waals surface area (Å²) in [4.78, 5) is 17.4. The summed E-state index contributed by atoms with van der Waals surface area (Å²) >= 11 is 0. The van der Waals surface area contributed by atoms with E-state index < -0.39 is 53.6 Å². The zero-order valence-corrected chi connectivity index (χ0v) is 24.3. The molecule has 4 N–H and O–H groups in total. The number of aromatic nitrogens is 1. The molecule has 236 valence electrons. The van der Waals surface area contributed by atoms with Crippen molar-refractivity contribution in [2.24, 2.45) is 11.7 Å². The molecule has 1 saturated carbocycles. The number of methoxy groups -OCH3 is 1. The van der Waals surface area contributed by atoms with Crippen molar-refractivity contribution in [3.05, 3.63) is 71.2 Å². The smallest absolute Gasteiger partial charge is 0.422 e. The number of alkyl halides is 3. The second-order valence-corrected chi connectivity index (χ2v) is 11.5. The lowest BCUT2D eigenvalue weighted by molar-refractivity contribution is -0.270. The number of benzene rings is 2. The minimum Gasteiger partial charge on any atom is -0.493 e. The Kier molecular flexibility index (Phi) is 8.63. The van der Waals surface area contributed by atoms with Crippen molar-refractivity contribution in [3.8, 4) is 28.5 Å². The Bertz CT molecular complexity index is 1530. The number of Topliss-reactive ketones (excluding diaryl/α,β-unsaturated/α-hetero) is 1. The minimum absolute atomic E-state index is 0.000741. The van der Waals surface area contributed by atoms with Crippen LogP contribution in [0, 0.1) is 11.7 Å². The van der Waals surface area contributed by atoms with Gasteiger partial charge in [0.2, 0.25) is 5.60 Å². The van der Waals surface area contributed by atoms with Crippen molar-refractivity contribution in [2.75, 3.05) is 20.3 Å². The van der Waals surface area contributed by atoms with E-state index in [1.54, 1.807) is 0 Å². The maximum atomic E-state index is 14.8. The number of rotatable bonds is 11. The van der Waals surface area contributed by atoms with Crippen LogP contribution in [0.5, 0.6) is 17.2 Å². The van der Waals surface area contributed by atoms with Crippen LogP contribution < -0.4 is 19.9 Å². The van der Waals surface area contributed by atoms with Crippen LogP contribution in [-0.2, 0) is 11.1 Å². The molecule has 5 rings (SSSR count). The molecular weight excluding hydrogens is 584 g/mol. The minimum atomic E-state index is -5.22. The topological polar surface area (TPSA) is 124 Å². The SMILES string of the molecule is COc1cc(C(=O)CCC(O)(c2cc3c(c(-c4ccc(F)cc4)n2)OCCC3(N)C2CC2)C(F)(F)F)ccc1OC[C@@H](C)O. The van der Waals surface area contributed by atoms with Crippen molar-refractivity contribution in [1.82, 2.24) is 4.98 Å². The number of pyridine rings is 1. The van der Waals surface area contributed by atoms with Crippen molar-refractivity contribution < 1.29 is 46.8 Å². The second-order valence-electron chi connectivity index (χ2n) is 11.5. The van der Waals surface area contributed by atoms with Gasteiger partial charge in [-0.05, 0) is 80.6 Å². The number of halogens is 4. The number of aliphatic hydroxyl groups is 2. The first-order valence-electron chi connectivity index (χ1n) is 14.3. The highest BCUT2D eigenvalue weighted by Crippen LogP contribution is 2.54. The van der Waals surface area contributed by atoms with Crippen molar-refractivity contribution in [1.29, 1.82) is 0 Å². The van der Waals surface area contributed by atoms with Crippen LogP contribution in [0.2, 0.25) is 0 Å². The Balaban J connectivity index is 1.52. The molecule has 2 aliphatic rings. The molecular formula is C32H34F4N2O6. The highest BCUT2D eigenvalue weighted by molar-refractivity contribution is 5.96. The first-order chi connectivity index (χ1) is 20.8. The molecule has 3 aromatic rings. The molecule has 2 heterocycles. The van der Waals surface area contributed by atoms with Crippen LogP contribution in [-0.4, -0.2) is 53.6 Å². The van der Waals surface area contributed by atoms with Crippen molar-refractivity contribution in [3.63, 3.8) is 0 Å². The summed E-state index contributed by atoms with van der Waals surface area (Å²) in [6.45, 7) is 1.71. The Hall–Kier alpha value is -3.74. The van der Waals surface area contributed by atoms with Gasteiger partial charge in [0.15, 0.2) is 23.0 Å². The number of carbonyl (C=O) groups excluding carboxylic acids is 1. The molecule has 44 heavy (non-hydrogen) atoms. The van der Waals surface area contributed by atoms with Gasteiger partial charge in [-0.2, -0.15) is 13.2 Å². The fourth-order valence-corrected chi connectivity index (χ4v) is 5.54. The van der Waals surface area contributed by atoms with Gasteiger partial charge < -0.3 is 30.2 Å². The summed E-state index contributed by atoms with van der Waals surface area (Å²) < 4.78 is 74.7. The average Bonchev–Trinajstić information content (AvgIpc) is 3.85. The first-order valence-corrected chi connectivity index (χ1v) is 14.3. The lowest BCUT2D eigenvalue weighted by atomic mass is 9.78. The van der Waals surface area contributed by atoms with Gasteiger partial charge in [-0.1, -0.05) is 0 Å². The highest BCUT2D eigenvalue weighted by atomic mass is 19.4. The summed E-state index contributed by atoms with van der Waals surface area (Å²) in [5, 5.41) is 20.8. The van der Waals surface area contributed by atoms with Crippen LogP contribution >= 0.6 is 0 Å². The van der Waals surface area contributed by atoms with Crippen LogP contribution in [0.3, 0.4) is 0 Å². The number of ketones is 1. The molecule has 2 unspecified atom stereocenters. The third kappa shape index (κ3) is 6.11. The van der Waals surface area contributed by atoms with E-state index in [9.17, 15) is 32.6 Å². The summed E-state index contributed by atoms with van der Waals surface area (Å²) in [6, 6.07) is 10.3. The van der Waals surface area contributed by atoms with Gasteiger partial charge >= 0.3 is 6.18 Å². The van der Waals surface area contributed by atoms with Crippen LogP contribution in [0.15, 0.2) is 48.5 Å². The van der Waals surface area contributed by atoms with Gasteiger partial charge in [-0.3, -0.25) is 4.79 Å². The molecule has 1 aromatic heterocycles. The number of hydrogen-bond acceptors (Lipinski definition) is 8. The van der Waals surface area contributed by atoms with Gasteiger partial charge in [0.25, 0.3) is 0 Å². The largest absolute Gasteiger partial charge is 0.493 e. The molecule has 0 spiro atoms. The summed E-state index contributed by atoms with van der Waals surface area (Å²) in [5.41, 5.74) is 2.19. The molecule has 0 bridgehead atoms. The molecule has 0 amide bonds. The fraction of sp³-hybridized carbons (Fsp3) is 0.438. The zero-order chi connectivity index (χ0) is 31.9. The summed E-state index contributed by atoms with van der Waals surface area (Å²) in [7, 11) is 1.34. The van der Waals surface area contributed by atoms with E-state index in [2.05, 4.69) is 4.98 Å². The normalized spacial score (nSPS) is 20.2. The average molecular weight is 619 g/mol. The number of carbonyl (C=O) groups is 1. The zero-order valence-electron chi connectivity index (χ0n) is 24.3. The second kappa shape index (κ2) is 12.0. The molecule has 12 heteroatoms. The van der Waals surface area contributed by atoms with E-state index in [0.717, 1.165) is 31.0 Å². The highest BCUT2D eigenvalue weighted by Gasteiger charge is 2.57. The van der Waals surface area contributed by atoms with E-state index in [4.69, 9.17) is 19.9 Å². The van der Waals surface area contributed by atoms with Gasteiger partial charge in [0.05, 0.1) is 31.1 Å². The van der Waals surface area contributed by atoms with E-state index in [1.165, 1.54) is 44.4 Å². The van der Waals surface area contributed by atoms with E-state index in [-0.39, 0.29) is 53.2 Å². The molecule has 2 aromatic carbocycles. The molecule has 3 atom stereocenters. The maximum absolute atomic E-state index is 14.8. The first kappa shape index (κ1) is 31.7. The monoisotopic (exact) mass is 618 g/mol. The van der Waals surface area contributed by atoms with Crippen LogP contribution in [0.25, 0.3) is 11.3 Å². The van der Waals surface area contributed by atoms with Crippen LogP contribution in [0.4, 0.5) is 17.6 Å². The van der Waals surface area contributed by atoms with E-state index in [0.29, 0.717) is 12.0 Å². The predicted molar refractivity (Wildman–Crippen MR) is 152 cm³/mol. The molecule has 0 saturated heterocycles. The number of hydrogen-bond donors (Lipinski definition) is 3. The van der Waals surface area contributed by atoms with Gasteiger partial charge in [-0.15, -0.1) is 0 Å². The third-order valence-corrected chi connectivity index (χ3v) is 8.23. The standard InChI is InChI=1S/C32H34F4N2O6/c1-18(39)17-44-25-10-5-20(15-26(25)42-2)24(40)11-12-31(41,32(34,35)36)27-16-23-29(43-14-13-30(23,37)21-6-7-21)28(38-27)19-3-8-22(33)9-4-19/h3-5,8-10,15-16,18,21,39,41H,6-7,11-14,17,37H2,1-2H3/t18-,30?,31?/m1/s1. The fourth-order valence-electron chi connectivity index (χ4n) is 5.54. The molecule has 1 aliphatic heterocycles. The summed E-state index contributed by atoms with van der Waals surface area (Å²) in [6.07, 6.45) is -5.76. The number of aliphatic hydroxyl groups excluding tert-OH is 1.